The minimum atomic E-state index is 0.0718. The second-order valence-corrected chi connectivity index (χ2v) is 2.72. The molecular weight excluding hydrogens is 128 g/mol. The minimum Gasteiger partial charge on any atom is -0.356 e. The van der Waals surface area contributed by atoms with Gasteiger partial charge in [0.15, 0.2) is 0 Å². The standard InChI is InChI=1S/C7H14N2O/c8-5-6-3-1-2-4-9-7(6)10/h6H,1-5,8H2,(H,9,10)/t6-/m0/s1. The molecule has 1 saturated heterocycles. The van der Waals surface area contributed by atoms with Crippen molar-refractivity contribution in [3.63, 3.8) is 0 Å². The summed E-state index contributed by atoms with van der Waals surface area (Å²) in [6.45, 7) is 1.32. The normalized spacial score (nSPS) is 27.3. The van der Waals surface area contributed by atoms with Gasteiger partial charge in [-0.15, -0.1) is 0 Å². The highest BCUT2D eigenvalue weighted by molar-refractivity contribution is 5.78. The average Bonchev–Trinajstić information content (AvgIpc) is 2.13. The van der Waals surface area contributed by atoms with E-state index in [9.17, 15) is 4.79 Å². The molecule has 1 aliphatic rings. The second kappa shape index (κ2) is 3.56. The minimum absolute atomic E-state index is 0.0718. The maximum atomic E-state index is 11.1. The van der Waals surface area contributed by atoms with Crippen LogP contribution in [0.1, 0.15) is 19.3 Å². The van der Waals surface area contributed by atoms with E-state index in [1.165, 1.54) is 0 Å². The number of hydrogen-bond acceptors (Lipinski definition) is 2. The summed E-state index contributed by atoms with van der Waals surface area (Å²) in [7, 11) is 0. The van der Waals surface area contributed by atoms with Gasteiger partial charge < -0.3 is 11.1 Å². The highest BCUT2D eigenvalue weighted by Crippen LogP contribution is 2.10. The van der Waals surface area contributed by atoms with Gasteiger partial charge in [0.25, 0.3) is 0 Å². The molecule has 1 aliphatic heterocycles. The topological polar surface area (TPSA) is 55.1 Å². The maximum absolute atomic E-state index is 11.1. The summed E-state index contributed by atoms with van der Waals surface area (Å²) in [5.41, 5.74) is 5.40. The molecule has 0 saturated carbocycles. The van der Waals surface area contributed by atoms with Crippen molar-refractivity contribution >= 4 is 5.91 Å². The molecule has 0 bridgehead atoms. The molecule has 3 nitrogen and oxygen atoms in total. The fraction of sp³-hybridized carbons (Fsp3) is 0.857. The predicted octanol–water partition coefficient (Wildman–Crippen LogP) is -0.139. The highest BCUT2D eigenvalue weighted by Gasteiger charge is 2.17. The number of amides is 1. The average molecular weight is 142 g/mol. The molecule has 1 atom stereocenters. The largest absolute Gasteiger partial charge is 0.356 e. The zero-order valence-corrected chi connectivity index (χ0v) is 6.10. The summed E-state index contributed by atoms with van der Waals surface area (Å²) in [4.78, 5) is 11.1. The number of hydrogen-bond donors (Lipinski definition) is 2. The lowest BCUT2D eigenvalue weighted by molar-refractivity contribution is -0.124. The van der Waals surface area contributed by atoms with Gasteiger partial charge in [-0.25, -0.2) is 0 Å². The van der Waals surface area contributed by atoms with Crippen molar-refractivity contribution in [2.75, 3.05) is 13.1 Å². The van der Waals surface area contributed by atoms with Crippen molar-refractivity contribution < 1.29 is 4.79 Å². The van der Waals surface area contributed by atoms with Crippen molar-refractivity contribution in [3.05, 3.63) is 0 Å². The third kappa shape index (κ3) is 1.70. The van der Waals surface area contributed by atoms with Crippen LogP contribution in [0.2, 0.25) is 0 Å². The number of nitrogens with two attached hydrogens (primary N) is 1. The Hall–Kier alpha value is -0.570. The smallest absolute Gasteiger partial charge is 0.224 e. The van der Waals surface area contributed by atoms with E-state index in [1.807, 2.05) is 0 Å². The SMILES string of the molecule is NC[C@@H]1CCCCNC1=O. The van der Waals surface area contributed by atoms with Crippen LogP contribution in [0, 0.1) is 5.92 Å². The molecule has 1 fully saturated rings. The Kier molecular flexibility index (Phi) is 2.68. The van der Waals surface area contributed by atoms with Crippen molar-refractivity contribution in [2.24, 2.45) is 11.7 Å². The van der Waals surface area contributed by atoms with E-state index in [0.29, 0.717) is 6.54 Å². The van der Waals surface area contributed by atoms with Gasteiger partial charge in [0.2, 0.25) is 5.91 Å². The van der Waals surface area contributed by atoms with Crippen LogP contribution in [0.3, 0.4) is 0 Å². The second-order valence-electron chi connectivity index (χ2n) is 2.72. The Labute approximate surface area is 61.0 Å². The lowest BCUT2D eigenvalue weighted by atomic mass is 10.0. The first-order valence-corrected chi connectivity index (χ1v) is 3.82. The molecular formula is C7H14N2O. The molecule has 1 heterocycles. The highest BCUT2D eigenvalue weighted by atomic mass is 16.1. The van der Waals surface area contributed by atoms with E-state index in [2.05, 4.69) is 5.32 Å². The zero-order chi connectivity index (χ0) is 7.40. The Balaban J connectivity index is 2.43. The first-order valence-electron chi connectivity index (χ1n) is 3.82. The van der Waals surface area contributed by atoms with Gasteiger partial charge in [0, 0.05) is 13.1 Å². The summed E-state index contributed by atoms with van der Waals surface area (Å²) in [6, 6.07) is 0. The predicted molar refractivity (Wildman–Crippen MR) is 39.4 cm³/mol. The molecule has 1 amide bonds. The molecule has 0 spiro atoms. The summed E-state index contributed by atoms with van der Waals surface area (Å²) >= 11 is 0. The zero-order valence-electron chi connectivity index (χ0n) is 6.10. The van der Waals surface area contributed by atoms with Gasteiger partial charge in [-0.3, -0.25) is 4.79 Å². The van der Waals surface area contributed by atoms with E-state index in [0.717, 1.165) is 25.8 Å². The Morgan fingerprint density at radius 3 is 3.10 bits per heavy atom. The first kappa shape index (κ1) is 7.54. The van der Waals surface area contributed by atoms with Crippen LogP contribution in [0.4, 0.5) is 0 Å². The summed E-state index contributed by atoms with van der Waals surface area (Å²) in [5, 5.41) is 2.83. The molecule has 10 heavy (non-hydrogen) atoms. The van der Waals surface area contributed by atoms with Crippen LogP contribution < -0.4 is 11.1 Å². The lowest BCUT2D eigenvalue weighted by Crippen LogP contribution is -2.33. The van der Waals surface area contributed by atoms with E-state index in [4.69, 9.17) is 5.73 Å². The maximum Gasteiger partial charge on any atom is 0.224 e. The molecule has 0 aromatic rings. The van der Waals surface area contributed by atoms with Crippen molar-refractivity contribution in [3.8, 4) is 0 Å². The van der Waals surface area contributed by atoms with E-state index < -0.39 is 0 Å². The van der Waals surface area contributed by atoms with Crippen LogP contribution in [0.5, 0.6) is 0 Å². The van der Waals surface area contributed by atoms with E-state index >= 15 is 0 Å². The van der Waals surface area contributed by atoms with Crippen LogP contribution in [0.15, 0.2) is 0 Å². The van der Waals surface area contributed by atoms with Gasteiger partial charge in [0.05, 0.1) is 5.92 Å². The summed E-state index contributed by atoms with van der Waals surface area (Å²) in [5.74, 6) is 0.211. The lowest BCUT2D eigenvalue weighted by Gasteiger charge is -2.08. The van der Waals surface area contributed by atoms with Gasteiger partial charge in [-0.2, -0.15) is 0 Å². The van der Waals surface area contributed by atoms with Gasteiger partial charge in [-0.1, -0.05) is 6.42 Å². The Morgan fingerprint density at radius 1 is 1.60 bits per heavy atom. The van der Waals surface area contributed by atoms with E-state index in [1.54, 1.807) is 0 Å². The fourth-order valence-corrected chi connectivity index (χ4v) is 1.23. The third-order valence-corrected chi connectivity index (χ3v) is 1.93. The number of nitrogens with one attached hydrogen (secondary N) is 1. The van der Waals surface area contributed by atoms with Gasteiger partial charge in [0.1, 0.15) is 0 Å². The fourth-order valence-electron chi connectivity index (χ4n) is 1.23. The number of carbonyl (C=O) groups excluding carboxylic acids is 1. The number of carbonyl (C=O) groups is 1. The summed E-state index contributed by atoms with van der Waals surface area (Å²) in [6.07, 6.45) is 3.19. The molecule has 3 heteroatoms. The number of rotatable bonds is 1. The van der Waals surface area contributed by atoms with Crippen molar-refractivity contribution in [2.45, 2.75) is 19.3 Å². The Bertz CT molecular complexity index is 125. The molecule has 0 radical (unpaired) electrons. The first-order chi connectivity index (χ1) is 4.84. The summed E-state index contributed by atoms with van der Waals surface area (Å²) < 4.78 is 0. The molecule has 0 unspecified atom stereocenters. The monoisotopic (exact) mass is 142 g/mol. The van der Waals surface area contributed by atoms with Gasteiger partial charge in [-0.05, 0) is 12.8 Å². The quantitative estimate of drug-likeness (QED) is 0.535. The van der Waals surface area contributed by atoms with Crippen LogP contribution >= 0.6 is 0 Å². The molecule has 58 valence electrons. The van der Waals surface area contributed by atoms with Crippen LogP contribution in [0.25, 0.3) is 0 Å². The molecule has 3 N–H and O–H groups in total. The molecule has 0 aromatic heterocycles. The molecule has 1 rings (SSSR count). The van der Waals surface area contributed by atoms with Crippen LogP contribution in [-0.2, 0) is 4.79 Å². The molecule has 0 aliphatic carbocycles. The third-order valence-electron chi connectivity index (χ3n) is 1.93. The van der Waals surface area contributed by atoms with Crippen molar-refractivity contribution in [1.29, 1.82) is 0 Å². The molecule has 0 aromatic carbocycles. The van der Waals surface area contributed by atoms with Gasteiger partial charge >= 0.3 is 0 Å². The van der Waals surface area contributed by atoms with E-state index in [-0.39, 0.29) is 11.8 Å². The van der Waals surface area contributed by atoms with Crippen molar-refractivity contribution in [1.82, 2.24) is 5.32 Å². The Morgan fingerprint density at radius 2 is 2.40 bits per heavy atom. The van der Waals surface area contributed by atoms with Crippen LogP contribution in [-0.4, -0.2) is 19.0 Å².